The molecule has 0 aliphatic heterocycles. The first-order valence-corrected chi connectivity index (χ1v) is 7.65. The van der Waals surface area contributed by atoms with Crippen LogP contribution in [0.4, 0.5) is 5.82 Å². The van der Waals surface area contributed by atoms with Crippen LogP contribution in [0.3, 0.4) is 0 Å². The van der Waals surface area contributed by atoms with Crippen LogP contribution in [0, 0.1) is 0 Å². The normalized spacial score (nSPS) is 11.1. The van der Waals surface area contributed by atoms with Crippen molar-refractivity contribution in [3.05, 3.63) is 60.7 Å². The van der Waals surface area contributed by atoms with Gasteiger partial charge in [0.25, 0.3) is 5.78 Å². The van der Waals surface area contributed by atoms with Gasteiger partial charge < -0.3 is 4.90 Å². The number of anilines is 1. The lowest BCUT2D eigenvalue weighted by molar-refractivity contribution is 0.765. The van der Waals surface area contributed by atoms with Crippen LogP contribution >= 0.6 is 0 Å². The highest BCUT2D eigenvalue weighted by Crippen LogP contribution is 2.23. The third-order valence-electron chi connectivity index (χ3n) is 3.87. The molecule has 0 N–H and O–H groups in total. The average molecular weight is 319 g/mol. The van der Waals surface area contributed by atoms with E-state index in [-0.39, 0.29) is 0 Å². The van der Waals surface area contributed by atoms with Gasteiger partial charge in [0.05, 0.1) is 11.9 Å². The lowest BCUT2D eigenvalue weighted by atomic mass is 10.1. The second kappa shape index (κ2) is 5.77. The summed E-state index contributed by atoms with van der Waals surface area (Å²) in [7, 11) is 3.94. The number of aromatic nitrogens is 6. The number of aryl methyl sites for hydroxylation is 1. The summed E-state index contributed by atoms with van der Waals surface area (Å²) < 4.78 is 3.55. The van der Waals surface area contributed by atoms with Gasteiger partial charge in [0.2, 0.25) is 0 Å². The lowest BCUT2D eigenvalue weighted by Gasteiger charge is -2.19. The summed E-state index contributed by atoms with van der Waals surface area (Å²) >= 11 is 0. The molecular formula is C17H17N7. The van der Waals surface area contributed by atoms with Crippen molar-refractivity contribution in [3.63, 3.8) is 0 Å². The predicted octanol–water partition coefficient (Wildman–Crippen LogP) is 2.16. The van der Waals surface area contributed by atoms with Crippen molar-refractivity contribution in [2.75, 3.05) is 11.9 Å². The van der Waals surface area contributed by atoms with E-state index in [2.05, 4.69) is 25.1 Å². The Bertz CT molecular complexity index is 971. The Labute approximate surface area is 139 Å². The largest absolute Gasteiger partial charge is 0.355 e. The van der Waals surface area contributed by atoms with E-state index < -0.39 is 0 Å². The van der Waals surface area contributed by atoms with Crippen molar-refractivity contribution in [3.8, 4) is 11.3 Å². The van der Waals surface area contributed by atoms with E-state index in [1.54, 1.807) is 9.20 Å². The Morgan fingerprint density at radius 3 is 2.71 bits per heavy atom. The fraction of sp³-hybridized carbons (Fsp3) is 0.176. The number of nitrogens with zero attached hydrogens (tertiary/aromatic N) is 7. The molecule has 3 aromatic heterocycles. The minimum absolute atomic E-state index is 0.587. The van der Waals surface area contributed by atoms with Gasteiger partial charge in [-0.15, -0.1) is 0 Å². The molecule has 0 unspecified atom stereocenters. The first-order valence-electron chi connectivity index (χ1n) is 7.65. The first-order chi connectivity index (χ1) is 11.7. The SMILES string of the molecule is CN(Cc1cnn(C)c1)c1cc(-c2ccccc2)nc2ncnn12. The maximum Gasteiger partial charge on any atom is 0.254 e. The summed E-state index contributed by atoms with van der Waals surface area (Å²) in [6.45, 7) is 0.723. The highest BCUT2D eigenvalue weighted by atomic mass is 15.4. The molecular weight excluding hydrogens is 302 g/mol. The van der Waals surface area contributed by atoms with E-state index in [1.807, 2.05) is 62.9 Å². The molecule has 0 aliphatic rings. The number of benzene rings is 1. The molecule has 0 spiro atoms. The molecule has 4 aromatic rings. The Morgan fingerprint density at radius 2 is 1.96 bits per heavy atom. The van der Waals surface area contributed by atoms with E-state index in [9.17, 15) is 0 Å². The van der Waals surface area contributed by atoms with Gasteiger partial charge in [-0.1, -0.05) is 30.3 Å². The highest BCUT2D eigenvalue weighted by molar-refractivity contribution is 5.65. The minimum atomic E-state index is 0.587. The summed E-state index contributed by atoms with van der Waals surface area (Å²) in [4.78, 5) is 11.0. The molecule has 0 saturated heterocycles. The van der Waals surface area contributed by atoms with E-state index >= 15 is 0 Å². The summed E-state index contributed by atoms with van der Waals surface area (Å²) in [5.74, 6) is 1.52. The Hall–Kier alpha value is -3.22. The van der Waals surface area contributed by atoms with Gasteiger partial charge in [0, 0.05) is 44.0 Å². The van der Waals surface area contributed by atoms with Crippen molar-refractivity contribution in [1.82, 2.24) is 29.4 Å². The molecule has 0 amide bonds. The van der Waals surface area contributed by atoms with Gasteiger partial charge in [-0.3, -0.25) is 4.68 Å². The van der Waals surface area contributed by atoms with Crippen LogP contribution in [0.2, 0.25) is 0 Å². The molecule has 0 atom stereocenters. The van der Waals surface area contributed by atoms with Crippen LogP contribution in [0.25, 0.3) is 17.0 Å². The van der Waals surface area contributed by atoms with Crippen molar-refractivity contribution < 1.29 is 0 Å². The van der Waals surface area contributed by atoms with Crippen LogP contribution in [0.15, 0.2) is 55.1 Å². The minimum Gasteiger partial charge on any atom is -0.355 e. The van der Waals surface area contributed by atoms with Gasteiger partial charge >= 0.3 is 0 Å². The second-order valence-electron chi connectivity index (χ2n) is 5.72. The predicted molar refractivity (Wildman–Crippen MR) is 91.5 cm³/mol. The van der Waals surface area contributed by atoms with E-state index in [0.29, 0.717) is 5.78 Å². The maximum absolute atomic E-state index is 4.61. The van der Waals surface area contributed by atoms with Crippen LogP contribution in [-0.4, -0.2) is 36.4 Å². The molecule has 7 nitrogen and oxygen atoms in total. The number of fused-ring (bicyclic) bond motifs is 1. The third-order valence-corrected chi connectivity index (χ3v) is 3.87. The number of rotatable bonds is 4. The van der Waals surface area contributed by atoms with Crippen LogP contribution in [0.1, 0.15) is 5.56 Å². The summed E-state index contributed by atoms with van der Waals surface area (Å²) in [6.07, 6.45) is 5.40. The summed E-state index contributed by atoms with van der Waals surface area (Å²) in [5, 5.41) is 8.53. The standard InChI is InChI=1S/C17H17N7/c1-22(10-13-9-19-23(2)11-13)16-8-15(14-6-4-3-5-7-14)21-17-18-12-20-24(16)17/h3-9,11-12H,10H2,1-2H3. The zero-order valence-electron chi connectivity index (χ0n) is 13.5. The monoisotopic (exact) mass is 319 g/mol. The van der Waals surface area contributed by atoms with Gasteiger partial charge in [0.1, 0.15) is 12.1 Å². The smallest absolute Gasteiger partial charge is 0.254 e. The third kappa shape index (κ3) is 2.60. The summed E-state index contributed by atoms with van der Waals surface area (Å²) in [6, 6.07) is 12.1. The Kier molecular flexibility index (Phi) is 3.45. The lowest BCUT2D eigenvalue weighted by Crippen LogP contribution is -2.20. The van der Waals surface area contributed by atoms with Gasteiger partial charge in [-0.2, -0.15) is 19.7 Å². The first kappa shape index (κ1) is 14.4. The quantitative estimate of drug-likeness (QED) is 0.577. The summed E-state index contributed by atoms with van der Waals surface area (Å²) in [5.41, 5.74) is 3.06. The number of hydrogen-bond acceptors (Lipinski definition) is 5. The zero-order chi connectivity index (χ0) is 16.5. The highest BCUT2D eigenvalue weighted by Gasteiger charge is 2.13. The molecule has 0 aliphatic carbocycles. The van der Waals surface area contributed by atoms with Gasteiger partial charge in [-0.25, -0.2) is 4.98 Å². The molecule has 1 aromatic carbocycles. The molecule has 7 heteroatoms. The van der Waals surface area contributed by atoms with E-state index in [4.69, 9.17) is 0 Å². The van der Waals surface area contributed by atoms with Crippen LogP contribution < -0.4 is 4.90 Å². The molecule has 0 radical (unpaired) electrons. The maximum atomic E-state index is 4.61. The van der Waals surface area contributed by atoms with Gasteiger partial charge in [0.15, 0.2) is 0 Å². The number of hydrogen-bond donors (Lipinski definition) is 0. The van der Waals surface area contributed by atoms with Crippen molar-refractivity contribution >= 4 is 11.6 Å². The molecule has 0 fully saturated rings. The molecule has 120 valence electrons. The Morgan fingerprint density at radius 1 is 1.12 bits per heavy atom. The van der Waals surface area contributed by atoms with Crippen LogP contribution in [-0.2, 0) is 13.6 Å². The van der Waals surface area contributed by atoms with Crippen molar-refractivity contribution in [2.24, 2.45) is 7.05 Å². The topological polar surface area (TPSA) is 64.1 Å². The molecule has 3 heterocycles. The van der Waals surface area contributed by atoms with E-state index in [0.717, 1.165) is 29.2 Å². The van der Waals surface area contributed by atoms with Crippen molar-refractivity contribution in [2.45, 2.75) is 6.54 Å². The molecule has 0 bridgehead atoms. The second-order valence-corrected chi connectivity index (χ2v) is 5.72. The Balaban J connectivity index is 1.77. The molecule has 0 saturated carbocycles. The average Bonchev–Trinajstić information content (AvgIpc) is 3.23. The van der Waals surface area contributed by atoms with Gasteiger partial charge in [-0.05, 0) is 0 Å². The van der Waals surface area contributed by atoms with E-state index in [1.165, 1.54) is 6.33 Å². The molecule has 4 rings (SSSR count). The zero-order valence-corrected chi connectivity index (χ0v) is 13.5. The van der Waals surface area contributed by atoms with Crippen LogP contribution in [0.5, 0.6) is 0 Å². The molecule has 24 heavy (non-hydrogen) atoms. The fourth-order valence-corrected chi connectivity index (χ4v) is 2.73. The fourth-order valence-electron chi connectivity index (χ4n) is 2.73. The van der Waals surface area contributed by atoms with Crippen molar-refractivity contribution in [1.29, 1.82) is 0 Å².